The quantitative estimate of drug-likeness (QED) is 0.529. The zero-order valence-corrected chi connectivity index (χ0v) is 14.1. The summed E-state index contributed by atoms with van der Waals surface area (Å²) in [4.78, 5) is 34.4. The molecule has 1 fully saturated rings. The predicted molar refractivity (Wildman–Crippen MR) is 79.5 cm³/mol. The minimum absolute atomic E-state index is 0.178. The molecule has 0 atom stereocenters. The van der Waals surface area contributed by atoms with Gasteiger partial charge >= 0.3 is 18.5 Å². The Balaban J connectivity index is 2.64. The average Bonchev–Trinajstić information content (AvgIpc) is 2.47. The Bertz CT molecular complexity index is 355. The number of carbonyl (C=O) groups is 3. The summed E-state index contributed by atoms with van der Waals surface area (Å²) in [5.74, 6) is 0. The van der Waals surface area contributed by atoms with Crippen molar-refractivity contribution in [1.82, 2.24) is 0 Å². The summed E-state index contributed by atoms with van der Waals surface area (Å²) in [5.41, 5.74) is 0. The number of hydrogen-bond donors (Lipinski definition) is 0. The second-order valence-corrected chi connectivity index (χ2v) is 4.98. The van der Waals surface area contributed by atoms with Gasteiger partial charge < -0.3 is 28.4 Å². The van der Waals surface area contributed by atoms with Gasteiger partial charge in [-0.1, -0.05) is 0 Å². The van der Waals surface area contributed by atoms with Gasteiger partial charge in [-0.3, -0.25) is 0 Å². The normalized spacial score (nSPS) is 22.9. The number of rotatable bonds is 6. The molecule has 0 aromatic rings. The third kappa shape index (κ3) is 7.38. The van der Waals surface area contributed by atoms with Crippen LogP contribution in [0.1, 0.15) is 40.0 Å². The van der Waals surface area contributed by atoms with Crippen LogP contribution in [0.2, 0.25) is 0 Å². The van der Waals surface area contributed by atoms with E-state index >= 15 is 0 Å². The maximum absolute atomic E-state index is 11.5. The van der Waals surface area contributed by atoms with E-state index < -0.39 is 36.8 Å². The molecule has 9 nitrogen and oxygen atoms in total. The van der Waals surface area contributed by atoms with Crippen molar-refractivity contribution in [1.29, 1.82) is 0 Å². The zero-order valence-electron chi connectivity index (χ0n) is 14.1. The highest BCUT2D eigenvalue weighted by Crippen LogP contribution is 2.27. The van der Waals surface area contributed by atoms with Gasteiger partial charge in [0.15, 0.2) is 0 Å². The van der Waals surface area contributed by atoms with Crippen LogP contribution in [-0.4, -0.2) is 56.6 Å². The van der Waals surface area contributed by atoms with E-state index in [0.717, 1.165) is 0 Å². The van der Waals surface area contributed by atoms with Crippen molar-refractivity contribution < 1.29 is 42.8 Å². The first-order valence-electron chi connectivity index (χ1n) is 7.98. The molecule has 9 heteroatoms. The maximum Gasteiger partial charge on any atom is 0.508 e. The molecule has 1 aliphatic rings. The Labute approximate surface area is 140 Å². The first kappa shape index (κ1) is 19.9. The molecule has 24 heavy (non-hydrogen) atoms. The lowest BCUT2D eigenvalue weighted by molar-refractivity contribution is -0.0762. The molecule has 0 saturated heterocycles. The maximum atomic E-state index is 11.5. The third-order valence-corrected chi connectivity index (χ3v) is 3.15. The second-order valence-electron chi connectivity index (χ2n) is 4.98. The van der Waals surface area contributed by atoms with Gasteiger partial charge in [-0.15, -0.1) is 0 Å². The lowest BCUT2D eigenvalue weighted by Gasteiger charge is -2.32. The van der Waals surface area contributed by atoms with E-state index in [1.54, 1.807) is 20.8 Å². The van der Waals surface area contributed by atoms with Crippen LogP contribution in [0.25, 0.3) is 0 Å². The second kappa shape index (κ2) is 10.6. The van der Waals surface area contributed by atoms with Crippen molar-refractivity contribution in [3.8, 4) is 0 Å². The highest BCUT2D eigenvalue weighted by Gasteiger charge is 2.36. The average molecular weight is 348 g/mol. The topological polar surface area (TPSA) is 107 Å². The fourth-order valence-corrected chi connectivity index (χ4v) is 2.32. The molecule has 0 radical (unpaired) electrons. The molecule has 1 rings (SSSR count). The van der Waals surface area contributed by atoms with Gasteiger partial charge in [0.1, 0.15) is 18.3 Å². The van der Waals surface area contributed by atoms with E-state index in [-0.39, 0.29) is 39.1 Å². The minimum Gasteiger partial charge on any atom is -0.435 e. The van der Waals surface area contributed by atoms with Crippen molar-refractivity contribution >= 4 is 18.5 Å². The highest BCUT2D eigenvalue weighted by molar-refractivity contribution is 5.61. The van der Waals surface area contributed by atoms with E-state index in [9.17, 15) is 14.4 Å². The van der Waals surface area contributed by atoms with Gasteiger partial charge in [0, 0.05) is 19.3 Å². The van der Waals surface area contributed by atoms with Crippen LogP contribution in [0, 0.1) is 0 Å². The first-order valence-corrected chi connectivity index (χ1v) is 7.98. The Kier molecular flexibility index (Phi) is 8.74. The van der Waals surface area contributed by atoms with Crippen molar-refractivity contribution in [3.63, 3.8) is 0 Å². The molecule has 0 amide bonds. The van der Waals surface area contributed by atoms with E-state index in [0.29, 0.717) is 0 Å². The molecule has 0 aliphatic heterocycles. The highest BCUT2D eigenvalue weighted by atomic mass is 16.7. The molecular weight excluding hydrogens is 324 g/mol. The number of ether oxygens (including phenoxy) is 6. The Morgan fingerprint density at radius 2 is 0.875 bits per heavy atom. The first-order chi connectivity index (χ1) is 11.5. The Morgan fingerprint density at radius 3 is 1.08 bits per heavy atom. The van der Waals surface area contributed by atoms with Gasteiger partial charge in [-0.25, -0.2) is 14.4 Å². The molecule has 1 aliphatic carbocycles. The van der Waals surface area contributed by atoms with Gasteiger partial charge in [-0.2, -0.15) is 0 Å². The van der Waals surface area contributed by atoms with Crippen LogP contribution >= 0.6 is 0 Å². The van der Waals surface area contributed by atoms with E-state index in [2.05, 4.69) is 0 Å². The van der Waals surface area contributed by atoms with Crippen LogP contribution in [0.15, 0.2) is 0 Å². The third-order valence-electron chi connectivity index (χ3n) is 3.15. The SMILES string of the molecule is CCOC(=O)OC1CC(OC(=O)OCC)CC(OC(=O)OCC)C1. The van der Waals surface area contributed by atoms with Crippen LogP contribution in [-0.2, 0) is 28.4 Å². The molecule has 0 heterocycles. The van der Waals surface area contributed by atoms with Gasteiger partial charge in [-0.05, 0) is 20.8 Å². The number of carbonyl (C=O) groups excluding carboxylic acids is 3. The summed E-state index contributed by atoms with van der Waals surface area (Å²) in [6.07, 6.45) is -3.52. The molecule has 0 unspecified atom stereocenters. The summed E-state index contributed by atoms with van der Waals surface area (Å²) in [5, 5.41) is 0. The van der Waals surface area contributed by atoms with Crippen molar-refractivity contribution in [2.75, 3.05) is 19.8 Å². The fraction of sp³-hybridized carbons (Fsp3) is 0.800. The zero-order chi connectivity index (χ0) is 17.9. The molecule has 0 aromatic heterocycles. The fourth-order valence-electron chi connectivity index (χ4n) is 2.32. The molecule has 0 aromatic carbocycles. The van der Waals surface area contributed by atoms with E-state index in [1.807, 2.05) is 0 Å². The molecule has 0 N–H and O–H groups in total. The number of hydrogen-bond acceptors (Lipinski definition) is 9. The lowest BCUT2D eigenvalue weighted by Crippen LogP contribution is -2.40. The van der Waals surface area contributed by atoms with Crippen molar-refractivity contribution in [3.05, 3.63) is 0 Å². The molecule has 0 bridgehead atoms. The van der Waals surface area contributed by atoms with Crippen LogP contribution in [0.5, 0.6) is 0 Å². The molecule has 0 spiro atoms. The molecular formula is C15H24O9. The van der Waals surface area contributed by atoms with E-state index in [4.69, 9.17) is 28.4 Å². The summed E-state index contributed by atoms with van der Waals surface area (Å²) in [7, 11) is 0. The van der Waals surface area contributed by atoms with E-state index in [1.165, 1.54) is 0 Å². The van der Waals surface area contributed by atoms with Crippen molar-refractivity contribution in [2.24, 2.45) is 0 Å². The largest absolute Gasteiger partial charge is 0.508 e. The summed E-state index contributed by atoms with van der Waals surface area (Å²) >= 11 is 0. The van der Waals surface area contributed by atoms with Gasteiger partial charge in [0.25, 0.3) is 0 Å². The van der Waals surface area contributed by atoms with Crippen LogP contribution < -0.4 is 0 Å². The minimum atomic E-state index is -0.825. The summed E-state index contributed by atoms with van der Waals surface area (Å²) in [6.45, 7) is 5.50. The lowest BCUT2D eigenvalue weighted by atomic mass is 9.92. The standard InChI is InChI=1S/C15H24O9/c1-4-19-13(16)22-10-7-11(23-14(17)20-5-2)9-12(8-10)24-15(18)21-6-3/h10-12H,4-9H2,1-3H3. The summed E-state index contributed by atoms with van der Waals surface area (Å²) in [6, 6.07) is 0. The Hall–Kier alpha value is -2.19. The van der Waals surface area contributed by atoms with Crippen molar-refractivity contribution in [2.45, 2.75) is 58.3 Å². The Morgan fingerprint density at radius 1 is 0.625 bits per heavy atom. The van der Waals surface area contributed by atoms with Gasteiger partial charge in [0.05, 0.1) is 19.8 Å². The monoisotopic (exact) mass is 348 g/mol. The smallest absolute Gasteiger partial charge is 0.435 e. The summed E-state index contributed by atoms with van der Waals surface area (Å²) < 4.78 is 29.6. The van der Waals surface area contributed by atoms with Crippen LogP contribution in [0.4, 0.5) is 14.4 Å². The van der Waals surface area contributed by atoms with Crippen LogP contribution in [0.3, 0.4) is 0 Å². The van der Waals surface area contributed by atoms with Gasteiger partial charge in [0.2, 0.25) is 0 Å². The predicted octanol–water partition coefficient (Wildman–Crippen LogP) is 2.80. The molecule has 138 valence electrons. The molecule has 1 saturated carbocycles.